The number of carbonyl (C=O) groups is 1. The maximum absolute atomic E-state index is 12.5. The molecular formula is C18H20N2O3S. The van der Waals surface area contributed by atoms with Gasteiger partial charge in [-0.1, -0.05) is 0 Å². The fourth-order valence-electron chi connectivity index (χ4n) is 3.14. The predicted molar refractivity (Wildman–Crippen MR) is 92.4 cm³/mol. The van der Waals surface area contributed by atoms with Gasteiger partial charge in [-0.15, -0.1) is 11.3 Å². The van der Waals surface area contributed by atoms with E-state index in [1.54, 1.807) is 6.20 Å². The molecule has 1 atom stereocenters. The smallest absolute Gasteiger partial charge is 0.263 e. The van der Waals surface area contributed by atoms with Gasteiger partial charge in [0, 0.05) is 24.6 Å². The highest BCUT2D eigenvalue weighted by molar-refractivity contribution is 7.16. The molecule has 5 nitrogen and oxygen atoms in total. The quantitative estimate of drug-likeness (QED) is 0.845. The third-order valence-electron chi connectivity index (χ3n) is 4.61. The molecule has 6 heteroatoms. The van der Waals surface area contributed by atoms with Crippen LogP contribution in [0, 0.1) is 5.92 Å². The molecule has 0 spiro atoms. The number of carbonyl (C=O) groups excluding carboxylic acids is 1. The molecule has 1 aromatic heterocycles. The Labute approximate surface area is 144 Å². The van der Waals surface area contributed by atoms with Gasteiger partial charge in [0.2, 0.25) is 0 Å². The van der Waals surface area contributed by atoms with Gasteiger partial charge in [-0.2, -0.15) is 0 Å². The summed E-state index contributed by atoms with van der Waals surface area (Å²) in [6, 6.07) is 6.14. The molecule has 1 saturated carbocycles. The predicted octanol–water partition coefficient (Wildman–Crippen LogP) is 2.64. The number of hydrogen-bond acceptors (Lipinski definition) is 5. The third-order valence-corrected chi connectivity index (χ3v) is 5.66. The molecule has 1 fully saturated rings. The van der Waals surface area contributed by atoms with E-state index in [1.807, 2.05) is 12.1 Å². The minimum atomic E-state index is -0.0893. The molecule has 1 aliphatic heterocycles. The summed E-state index contributed by atoms with van der Waals surface area (Å²) in [5.41, 5.74) is 2.22. The number of aliphatic hydroxyl groups excluding tert-OH is 1. The van der Waals surface area contributed by atoms with E-state index in [0.29, 0.717) is 17.2 Å². The maximum atomic E-state index is 12.5. The molecule has 2 aromatic rings. The first kappa shape index (κ1) is 15.6. The van der Waals surface area contributed by atoms with Gasteiger partial charge in [-0.25, -0.2) is 4.98 Å². The van der Waals surface area contributed by atoms with Crippen molar-refractivity contribution in [2.75, 3.05) is 13.2 Å². The first-order chi connectivity index (χ1) is 11.7. The molecule has 126 valence electrons. The Morgan fingerprint density at radius 1 is 1.46 bits per heavy atom. The molecule has 1 unspecified atom stereocenters. The Morgan fingerprint density at radius 2 is 2.33 bits per heavy atom. The summed E-state index contributed by atoms with van der Waals surface area (Å²) in [6.45, 7) is 0.838. The lowest BCUT2D eigenvalue weighted by molar-refractivity contribution is 0.0928. The standard InChI is InChI=1S/C18H20N2O3S/c21-7-5-14(11-1-2-11)20-17(22)16-10-19-18(24-16)13-3-4-15-12(9-13)6-8-23-15/h3-4,9-11,14,21H,1-2,5-8H2,(H,20,22). The highest BCUT2D eigenvalue weighted by Gasteiger charge is 2.32. The first-order valence-corrected chi connectivity index (χ1v) is 9.20. The highest BCUT2D eigenvalue weighted by Crippen LogP contribution is 2.35. The number of fused-ring (bicyclic) bond motifs is 1. The highest BCUT2D eigenvalue weighted by atomic mass is 32.1. The van der Waals surface area contributed by atoms with Crippen molar-refractivity contribution in [3.63, 3.8) is 0 Å². The van der Waals surface area contributed by atoms with Gasteiger partial charge < -0.3 is 15.2 Å². The number of thiazole rings is 1. The first-order valence-electron chi connectivity index (χ1n) is 8.38. The number of nitrogens with zero attached hydrogens (tertiary/aromatic N) is 1. The van der Waals surface area contributed by atoms with Crippen molar-refractivity contribution in [1.29, 1.82) is 0 Å². The fraction of sp³-hybridized carbons (Fsp3) is 0.444. The Balaban J connectivity index is 1.48. The molecule has 2 heterocycles. The van der Waals surface area contributed by atoms with E-state index in [9.17, 15) is 4.79 Å². The van der Waals surface area contributed by atoms with E-state index in [-0.39, 0.29) is 18.6 Å². The summed E-state index contributed by atoms with van der Waals surface area (Å²) >= 11 is 1.41. The van der Waals surface area contributed by atoms with Crippen molar-refractivity contribution >= 4 is 17.2 Å². The van der Waals surface area contributed by atoms with Crippen LogP contribution in [0.2, 0.25) is 0 Å². The summed E-state index contributed by atoms with van der Waals surface area (Å²) in [7, 11) is 0. The monoisotopic (exact) mass is 344 g/mol. The minimum absolute atomic E-state index is 0.0743. The van der Waals surface area contributed by atoms with Gasteiger partial charge in [0.15, 0.2) is 0 Å². The summed E-state index contributed by atoms with van der Waals surface area (Å²) in [6.07, 6.45) is 5.45. The summed E-state index contributed by atoms with van der Waals surface area (Å²) in [4.78, 5) is 17.5. The van der Waals surface area contributed by atoms with E-state index in [2.05, 4.69) is 16.4 Å². The SMILES string of the molecule is O=C(NC(CCO)C1CC1)c1cnc(-c2ccc3c(c2)CCO3)s1. The van der Waals surface area contributed by atoms with E-state index in [1.165, 1.54) is 16.9 Å². The minimum Gasteiger partial charge on any atom is -0.493 e. The number of rotatable bonds is 6. The van der Waals surface area contributed by atoms with Crippen LogP contribution in [-0.2, 0) is 6.42 Å². The number of amides is 1. The van der Waals surface area contributed by atoms with Crippen molar-refractivity contribution in [3.05, 3.63) is 34.8 Å². The average molecular weight is 344 g/mol. The molecule has 0 bridgehead atoms. The molecule has 24 heavy (non-hydrogen) atoms. The van der Waals surface area contributed by atoms with Crippen molar-refractivity contribution in [3.8, 4) is 16.3 Å². The van der Waals surface area contributed by atoms with E-state index in [4.69, 9.17) is 9.84 Å². The topological polar surface area (TPSA) is 71.5 Å². The Kier molecular flexibility index (Phi) is 4.24. The van der Waals surface area contributed by atoms with Gasteiger partial charge in [-0.3, -0.25) is 4.79 Å². The fourth-order valence-corrected chi connectivity index (χ4v) is 3.95. The summed E-state index contributed by atoms with van der Waals surface area (Å²) < 4.78 is 5.53. The van der Waals surface area contributed by atoms with Crippen LogP contribution in [0.25, 0.3) is 10.6 Å². The number of benzene rings is 1. The van der Waals surface area contributed by atoms with Gasteiger partial charge >= 0.3 is 0 Å². The van der Waals surface area contributed by atoms with E-state index >= 15 is 0 Å². The Morgan fingerprint density at radius 3 is 3.12 bits per heavy atom. The molecule has 2 aliphatic rings. The zero-order valence-electron chi connectivity index (χ0n) is 13.3. The van der Waals surface area contributed by atoms with E-state index < -0.39 is 0 Å². The van der Waals surface area contributed by atoms with Crippen molar-refractivity contribution in [1.82, 2.24) is 10.3 Å². The molecule has 1 aliphatic carbocycles. The molecule has 1 aromatic carbocycles. The largest absolute Gasteiger partial charge is 0.493 e. The maximum Gasteiger partial charge on any atom is 0.263 e. The van der Waals surface area contributed by atoms with Crippen molar-refractivity contribution in [2.45, 2.75) is 31.7 Å². The lowest BCUT2D eigenvalue weighted by Gasteiger charge is -2.16. The molecule has 0 saturated heterocycles. The Bertz CT molecular complexity index is 754. The Hall–Kier alpha value is -1.92. The van der Waals surface area contributed by atoms with Crippen molar-refractivity contribution in [2.24, 2.45) is 5.92 Å². The van der Waals surface area contributed by atoms with Crippen LogP contribution in [0.5, 0.6) is 5.75 Å². The van der Waals surface area contributed by atoms with Gasteiger partial charge in [0.1, 0.15) is 15.6 Å². The molecule has 0 radical (unpaired) electrons. The molecule has 2 N–H and O–H groups in total. The number of aromatic nitrogens is 1. The van der Waals surface area contributed by atoms with Crippen LogP contribution in [0.3, 0.4) is 0 Å². The zero-order chi connectivity index (χ0) is 16.5. The lowest BCUT2D eigenvalue weighted by Crippen LogP contribution is -2.36. The second-order valence-electron chi connectivity index (χ2n) is 6.38. The van der Waals surface area contributed by atoms with Crippen LogP contribution in [0.15, 0.2) is 24.4 Å². The third kappa shape index (κ3) is 3.16. The second-order valence-corrected chi connectivity index (χ2v) is 7.41. The molecule has 4 rings (SSSR count). The number of hydrogen-bond donors (Lipinski definition) is 2. The van der Waals surface area contributed by atoms with Crippen LogP contribution in [-0.4, -0.2) is 35.3 Å². The van der Waals surface area contributed by atoms with Gasteiger partial charge in [-0.05, 0) is 48.9 Å². The van der Waals surface area contributed by atoms with Crippen LogP contribution in [0.1, 0.15) is 34.5 Å². The lowest BCUT2D eigenvalue weighted by atomic mass is 10.1. The zero-order valence-corrected chi connectivity index (χ0v) is 14.1. The van der Waals surface area contributed by atoms with E-state index in [0.717, 1.165) is 42.2 Å². The number of nitrogens with one attached hydrogen (secondary N) is 1. The molecule has 1 amide bonds. The number of aliphatic hydroxyl groups is 1. The van der Waals surface area contributed by atoms with Crippen LogP contribution in [0.4, 0.5) is 0 Å². The van der Waals surface area contributed by atoms with Gasteiger partial charge in [0.05, 0.1) is 12.8 Å². The second kappa shape index (κ2) is 6.53. The average Bonchev–Trinajstić information content (AvgIpc) is 3.12. The number of ether oxygens (including phenoxy) is 1. The summed E-state index contributed by atoms with van der Waals surface area (Å²) in [5.74, 6) is 1.38. The normalized spacial score (nSPS) is 17.2. The summed E-state index contributed by atoms with van der Waals surface area (Å²) in [5, 5.41) is 13.1. The van der Waals surface area contributed by atoms with Gasteiger partial charge in [0.25, 0.3) is 5.91 Å². The molecular weight excluding hydrogens is 324 g/mol. The van der Waals surface area contributed by atoms with Crippen molar-refractivity contribution < 1.29 is 14.6 Å². The van der Waals surface area contributed by atoms with Crippen LogP contribution >= 0.6 is 11.3 Å². The van der Waals surface area contributed by atoms with Crippen LogP contribution < -0.4 is 10.1 Å².